The lowest BCUT2D eigenvalue weighted by molar-refractivity contribution is -0.137. The number of aryl methyl sites for hydroxylation is 1. The molecule has 0 aromatic heterocycles. The molecule has 0 fully saturated rings. The second-order valence-electron chi connectivity index (χ2n) is 5.65. The van der Waals surface area contributed by atoms with Gasteiger partial charge in [0.1, 0.15) is 0 Å². The summed E-state index contributed by atoms with van der Waals surface area (Å²) in [6, 6.07) is 13.9. The van der Waals surface area contributed by atoms with Gasteiger partial charge in [-0.1, -0.05) is 42.0 Å². The van der Waals surface area contributed by atoms with Crippen molar-refractivity contribution in [2.75, 3.05) is 0 Å². The average Bonchev–Trinajstić information content (AvgIpc) is 2.46. The highest BCUT2D eigenvalue weighted by Gasteiger charge is 2.31. The fourth-order valence-corrected chi connectivity index (χ4v) is 2.54. The predicted molar refractivity (Wildman–Crippen MR) is 82.6 cm³/mol. The fourth-order valence-electron chi connectivity index (χ4n) is 2.54. The maximum Gasteiger partial charge on any atom is 0.416 e. The number of hydrogen-bond acceptors (Lipinski definition) is 1. The Balaban J connectivity index is 2.19. The van der Waals surface area contributed by atoms with Crippen molar-refractivity contribution in [1.82, 2.24) is 5.32 Å². The fraction of sp³-hybridized carbons (Fsp3) is 0.333. The summed E-state index contributed by atoms with van der Waals surface area (Å²) < 4.78 is 38.8. The van der Waals surface area contributed by atoms with E-state index in [2.05, 4.69) is 5.32 Å². The van der Waals surface area contributed by atoms with Gasteiger partial charge in [-0.2, -0.15) is 13.2 Å². The number of rotatable bonds is 4. The van der Waals surface area contributed by atoms with E-state index in [1.54, 1.807) is 13.0 Å². The summed E-state index contributed by atoms with van der Waals surface area (Å²) in [6.45, 7) is 5.58. The van der Waals surface area contributed by atoms with Gasteiger partial charge in [0.2, 0.25) is 0 Å². The molecule has 1 N–H and O–H groups in total. The summed E-state index contributed by atoms with van der Waals surface area (Å²) in [7, 11) is 0. The van der Waals surface area contributed by atoms with Crippen LogP contribution in [0.1, 0.15) is 48.2 Å². The van der Waals surface area contributed by atoms with Gasteiger partial charge in [0, 0.05) is 12.1 Å². The molecule has 0 bridgehead atoms. The van der Waals surface area contributed by atoms with Gasteiger partial charge < -0.3 is 5.32 Å². The molecule has 0 aliphatic heterocycles. The molecule has 0 heterocycles. The molecule has 0 radical (unpaired) electrons. The minimum atomic E-state index is -4.31. The van der Waals surface area contributed by atoms with Gasteiger partial charge >= 0.3 is 6.18 Å². The average molecular weight is 307 g/mol. The molecule has 1 nitrogen and oxygen atoms in total. The van der Waals surface area contributed by atoms with Crippen LogP contribution in [0.4, 0.5) is 13.2 Å². The Morgan fingerprint density at radius 3 is 2.05 bits per heavy atom. The van der Waals surface area contributed by atoms with E-state index in [4.69, 9.17) is 0 Å². The first kappa shape index (κ1) is 16.6. The Hall–Kier alpha value is -1.81. The number of benzene rings is 2. The third-order valence-corrected chi connectivity index (χ3v) is 3.73. The van der Waals surface area contributed by atoms with Crippen LogP contribution >= 0.6 is 0 Å². The standard InChI is InChI=1S/C18H20F3N/c1-12-9-16(11-17(10-12)18(19,20)21)14(3)22-13(2)15-7-5-4-6-8-15/h4-11,13-14,22H,1-3H3. The lowest BCUT2D eigenvalue weighted by atomic mass is 10.00. The quantitative estimate of drug-likeness (QED) is 0.794. The molecule has 2 atom stereocenters. The predicted octanol–water partition coefficient (Wildman–Crippen LogP) is 5.43. The smallest absolute Gasteiger partial charge is 0.304 e. The van der Waals surface area contributed by atoms with Crippen molar-refractivity contribution in [1.29, 1.82) is 0 Å². The SMILES string of the molecule is Cc1cc(C(C)NC(C)c2ccccc2)cc(C(F)(F)F)c1. The maximum absolute atomic E-state index is 12.9. The van der Waals surface area contributed by atoms with E-state index in [1.807, 2.05) is 44.2 Å². The summed E-state index contributed by atoms with van der Waals surface area (Å²) in [6.07, 6.45) is -4.31. The van der Waals surface area contributed by atoms with Crippen LogP contribution in [0.25, 0.3) is 0 Å². The van der Waals surface area contributed by atoms with Crippen LogP contribution in [0.2, 0.25) is 0 Å². The molecule has 0 saturated heterocycles. The molecule has 0 amide bonds. The van der Waals surface area contributed by atoms with Crippen molar-refractivity contribution in [2.45, 2.75) is 39.0 Å². The highest BCUT2D eigenvalue weighted by Crippen LogP contribution is 2.32. The number of halogens is 3. The van der Waals surface area contributed by atoms with Crippen LogP contribution < -0.4 is 5.32 Å². The zero-order valence-corrected chi connectivity index (χ0v) is 12.9. The summed E-state index contributed by atoms with van der Waals surface area (Å²) in [5.41, 5.74) is 1.78. The summed E-state index contributed by atoms with van der Waals surface area (Å²) in [5, 5.41) is 3.35. The normalized spacial score (nSPS) is 14.6. The summed E-state index contributed by atoms with van der Waals surface area (Å²) in [4.78, 5) is 0. The van der Waals surface area contributed by atoms with Gasteiger partial charge in [-0.25, -0.2) is 0 Å². The second-order valence-corrected chi connectivity index (χ2v) is 5.65. The lowest BCUT2D eigenvalue weighted by Gasteiger charge is -2.22. The largest absolute Gasteiger partial charge is 0.416 e. The molecule has 4 heteroatoms. The third-order valence-electron chi connectivity index (χ3n) is 3.73. The van der Waals surface area contributed by atoms with E-state index in [9.17, 15) is 13.2 Å². The Morgan fingerprint density at radius 2 is 1.45 bits per heavy atom. The second kappa shape index (κ2) is 6.53. The minimum absolute atomic E-state index is 0.0612. The molecule has 0 aliphatic carbocycles. The van der Waals surface area contributed by atoms with Crippen LogP contribution in [-0.2, 0) is 6.18 Å². The van der Waals surface area contributed by atoms with Gasteiger partial charge in [0.15, 0.2) is 0 Å². The van der Waals surface area contributed by atoms with Crippen LogP contribution in [0.5, 0.6) is 0 Å². The lowest BCUT2D eigenvalue weighted by Crippen LogP contribution is -2.23. The highest BCUT2D eigenvalue weighted by atomic mass is 19.4. The number of hydrogen-bond donors (Lipinski definition) is 1. The third kappa shape index (κ3) is 4.10. The Labute approximate surface area is 129 Å². The van der Waals surface area contributed by atoms with Crippen LogP contribution in [0.15, 0.2) is 48.5 Å². The van der Waals surface area contributed by atoms with Crippen LogP contribution in [-0.4, -0.2) is 0 Å². The molecule has 2 rings (SSSR count). The summed E-state index contributed by atoms with van der Waals surface area (Å²) in [5.74, 6) is 0. The zero-order valence-electron chi connectivity index (χ0n) is 12.9. The first-order valence-electron chi connectivity index (χ1n) is 7.27. The molecule has 2 aromatic rings. The van der Waals surface area contributed by atoms with Gasteiger partial charge in [-0.05, 0) is 44.0 Å². The first-order valence-corrected chi connectivity index (χ1v) is 7.27. The zero-order chi connectivity index (χ0) is 16.3. The van der Waals surface area contributed by atoms with Crippen molar-refractivity contribution in [3.05, 3.63) is 70.8 Å². The molecule has 22 heavy (non-hydrogen) atoms. The monoisotopic (exact) mass is 307 g/mol. The van der Waals surface area contributed by atoms with E-state index in [-0.39, 0.29) is 12.1 Å². The van der Waals surface area contributed by atoms with Gasteiger partial charge in [-0.3, -0.25) is 0 Å². The molecule has 0 spiro atoms. The van der Waals surface area contributed by atoms with Crippen molar-refractivity contribution in [3.63, 3.8) is 0 Å². The molecular weight excluding hydrogens is 287 g/mol. The molecule has 2 unspecified atom stereocenters. The minimum Gasteiger partial charge on any atom is -0.304 e. The highest BCUT2D eigenvalue weighted by molar-refractivity contribution is 5.33. The van der Waals surface area contributed by atoms with E-state index < -0.39 is 11.7 Å². The Kier molecular flexibility index (Phi) is 4.91. The van der Waals surface area contributed by atoms with Crippen molar-refractivity contribution in [3.8, 4) is 0 Å². The van der Waals surface area contributed by atoms with Gasteiger partial charge in [0.25, 0.3) is 0 Å². The Morgan fingerprint density at radius 1 is 0.864 bits per heavy atom. The van der Waals surface area contributed by atoms with Crippen molar-refractivity contribution >= 4 is 0 Å². The van der Waals surface area contributed by atoms with E-state index >= 15 is 0 Å². The summed E-state index contributed by atoms with van der Waals surface area (Å²) >= 11 is 0. The Bertz CT molecular complexity index is 620. The van der Waals surface area contributed by atoms with E-state index in [0.717, 1.165) is 5.56 Å². The van der Waals surface area contributed by atoms with E-state index in [1.165, 1.54) is 12.1 Å². The van der Waals surface area contributed by atoms with Gasteiger partial charge in [0.05, 0.1) is 5.56 Å². The number of alkyl halides is 3. The maximum atomic E-state index is 12.9. The molecule has 0 aliphatic rings. The first-order chi connectivity index (χ1) is 10.3. The molecule has 118 valence electrons. The topological polar surface area (TPSA) is 12.0 Å². The van der Waals surface area contributed by atoms with Crippen molar-refractivity contribution in [2.24, 2.45) is 0 Å². The molecule has 2 aromatic carbocycles. The molecule has 0 saturated carbocycles. The van der Waals surface area contributed by atoms with E-state index in [0.29, 0.717) is 11.1 Å². The van der Waals surface area contributed by atoms with Crippen LogP contribution in [0, 0.1) is 6.92 Å². The number of nitrogens with one attached hydrogen (secondary N) is 1. The van der Waals surface area contributed by atoms with Gasteiger partial charge in [-0.15, -0.1) is 0 Å². The van der Waals surface area contributed by atoms with Crippen molar-refractivity contribution < 1.29 is 13.2 Å². The van der Waals surface area contributed by atoms with Crippen LogP contribution in [0.3, 0.4) is 0 Å². The molecular formula is C18H20F3N.